The summed E-state index contributed by atoms with van der Waals surface area (Å²) in [5.41, 5.74) is 1.13. The number of likely N-dealkylation sites (tertiary alicyclic amines) is 1. The number of piperidine rings is 1. The van der Waals surface area contributed by atoms with Crippen molar-refractivity contribution in [3.8, 4) is 11.5 Å². The van der Waals surface area contributed by atoms with Gasteiger partial charge in [0.15, 0.2) is 11.5 Å². The van der Waals surface area contributed by atoms with E-state index in [9.17, 15) is 0 Å². The van der Waals surface area contributed by atoms with E-state index in [4.69, 9.17) is 21.1 Å². The van der Waals surface area contributed by atoms with E-state index in [0.29, 0.717) is 30.0 Å². The Bertz CT molecular complexity index is 543. The molecule has 0 atom stereocenters. The zero-order valence-corrected chi connectivity index (χ0v) is 16.3. The second-order valence-electron chi connectivity index (χ2n) is 6.43. The van der Waals surface area contributed by atoms with Crippen molar-refractivity contribution in [1.29, 1.82) is 0 Å². The second kappa shape index (κ2) is 10.7. The Morgan fingerprint density at radius 2 is 2.04 bits per heavy atom. The standard InChI is InChI=1S/C20H31ClN2O2/c1-4-9-23-10-7-17(8-11-23)22-15-16-13-18(21)20(25-12-5-2)19(14-16)24-6-3/h4,13-14,17,22H,1,5-12,15H2,2-3H3. The molecule has 1 aliphatic rings. The average Bonchev–Trinajstić information content (AvgIpc) is 2.61. The third kappa shape index (κ3) is 6.21. The van der Waals surface area contributed by atoms with Crippen LogP contribution in [0.4, 0.5) is 0 Å². The first-order valence-corrected chi connectivity index (χ1v) is 9.70. The molecule has 0 bridgehead atoms. The van der Waals surface area contributed by atoms with Gasteiger partial charge in [-0.15, -0.1) is 6.58 Å². The molecule has 0 saturated carbocycles. The van der Waals surface area contributed by atoms with E-state index in [-0.39, 0.29) is 0 Å². The van der Waals surface area contributed by atoms with Crippen LogP contribution in [0.25, 0.3) is 0 Å². The van der Waals surface area contributed by atoms with Crippen LogP contribution in [0, 0.1) is 0 Å². The van der Waals surface area contributed by atoms with Gasteiger partial charge >= 0.3 is 0 Å². The fraction of sp³-hybridized carbons (Fsp3) is 0.600. The lowest BCUT2D eigenvalue weighted by Crippen LogP contribution is -2.42. The second-order valence-corrected chi connectivity index (χ2v) is 6.84. The lowest BCUT2D eigenvalue weighted by atomic mass is 10.0. The van der Waals surface area contributed by atoms with Gasteiger partial charge in [0.2, 0.25) is 0 Å². The van der Waals surface area contributed by atoms with Crippen molar-refractivity contribution in [2.45, 2.75) is 45.7 Å². The van der Waals surface area contributed by atoms with Crippen molar-refractivity contribution in [3.63, 3.8) is 0 Å². The molecule has 140 valence electrons. The summed E-state index contributed by atoms with van der Waals surface area (Å²) in [7, 11) is 0. The molecular formula is C20H31ClN2O2. The first kappa shape index (κ1) is 20.1. The Balaban J connectivity index is 1.94. The minimum atomic E-state index is 0.548. The Labute approximate surface area is 157 Å². The van der Waals surface area contributed by atoms with E-state index in [1.165, 1.54) is 0 Å². The van der Waals surface area contributed by atoms with Crippen LogP contribution >= 0.6 is 11.6 Å². The van der Waals surface area contributed by atoms with E-state index in [0.717, 1.165) is 56.8 Å². The van der Waals surface area contributed by atoms with Crippen molar-refractivity contribution in [1.82, 2.24) is 10.2 Å². The van der Waals surface area contributed by atoms with Crippen molar-refractivity contribution < 1.29 is 9.47 Å². The smallest absolute Gasteiger partial charge is 0.179 e. The molecule has 0 amide bonds. The van der Waals surface area contributed by atoms with E-state index < -0.39 is 0 Å². The Morgan fingerprint density at radius 3 is 2.68 bits per heavy atom. The summed E-state index contributed by atoms with van der Waals surface area (Å²) in [5.74, 6) is 1.40. The van der Waals surface area contributed by atoms with Gasteiger partial charge in [-0.3, -0.25) is 4.90 Å². The van der Waals surface area contributed by atoms with Gasteiger partial charge < -0.3 is 14.8 Å². The predicted molar refractivity (Wildman–Crippen MR) is 105 cm³/mol. The van der Waals surface area contributed by atoms with Crippen LogP contribution in [-0.4, -0.2) is 43.8 Å². The molecule has 0 radical (unpaired) electrons. The molecule has 5 heteroatoms. The maximum atomic E-state index is 6.43. The molecule has 4 nitrogen and oxygen atoms in total. The van der Waals surface area contributed by atoms with Gasteiger partial charge in [-0.05, 0) is 57.0 Å². The van der Waals surface area contributed by atoms with E-state index >= 15 is 0 Å². The minimum absolute atomic E-state index is 0.548. The third-order valence-electron chi connectivity index (χ3n) is 4.39. The van der Waals surface area contributed by atoms with E-state index in [2.05, 4.69) is 23.7 Å². The minimum Gasteiger partial charge on any atom is -0.490 e. The van der Waals surface area contributed by atoms with Crippen molar-refractivity contribution in [3.05, 3.63) is 35.4 Å². The molecule has 1 heterocycles. The first-order valence-electron chi connectivity index (χ1n) is 9.32. The normalized spacial score (nSPS) is 16.0. The molecular weight excluding hydrogens is 336 g/mol. The zero-order chi connectivity index (χ0) is 18.1. The summed E-state index contributed by atoms with van der Waals surface area (Å²) in [6.45, 7) is 13.1. The lowest BCUT2D eigenvalue weighted by molar-refractivity contribution is 0.214. The highest BCUT2D eigenvalue weighted by Crippen LogP contribution is 2.36. The highest BCUT2D eigenvalue weighted by molar-refractivity contribution is 6.32. The van der Waals surface area contributed by atoms with Crippen LogP contribution in [0.2, 0.25) is 5.02 Å². The zero-order valence-electron chi connectivity index (χ0n) is 15.5. The van der Waals surface area contributed by atoms with Crippen molar-refractivity contribution >= 4 is 11.6 Å². The quantitative estimate of drug-likeness (QED) is 0.627. The number of halogens is 1. The molecule has 25 heavy (non-hydrogen) atoms. The SMILES string of the molecule is C=CCN1CCC(NCc2cc(Cl)c(OCCC)c(OCC)c2)CC1. The van der Waals surface area contributed by atoms with Crippen LogP contribution < -0.4 is 14.8 Å². The number of rotatable bonds is 10. The lowest BCUT2D eigenvalue weighted by Gasteiger charge is -2.31. The van der Waals surface area contributed by atoms with Crippen LogP contribution in [0.15, 0.2) is 24.8 Å². The largest absolute Gasteiger partial charge is 0.490 e. The Hall–Kier alpha value is -1.23. The highest BCUT2D eigenvalue weighted by Gasteiger charge is 2.18. The molecule has 1 aliphatic heterocycles. The van der Waals surface area contributed by atoms with Gasteiger partial charge in [-0.2, -0.15) is 0 Å². The Kier molecular flexibility index (Phi) is 8.59. The van der Waals surface area contributed by atoms with Gasteiger partial charge in [0.25, 0.3) is 0 Å². The summed E-state index contributed by atoms with van der Waals surface area (Å²) >= 11 is 6.43. The molecule has 1 aromatic carbocycles. The number of benzene rings is 1. The molecule has 0 unspecified atom stereocenters. The average molecular weight is 367 g/mol. The summed E-state index contributed by atoms with van der Waals surface area (Å²) in [4.78, 5) is 2.44. The number of nitrogens with zero attached hydrogens (tertiary/aromatic N) is 1. The highest BCUT2D eigenvalue weighted by atomic mass is 35.5. The summed E-state index contributed by atoms with van der Waals surface area (Å²) in [6, 6.07) is 4.57. The van der Waals surface area contributed by atoms with Crippen LogP contribution in [-0.2, 0) is 6.54 Å². The van der Waals surface area contributed by atoms with Crippen molar-refractivity contribution in [2.75, 3.05) is 32.8 Å². The summed E-state index contributed by atoms with van der Waals surface area (Å²) in [6.07, 6.45) is 5.25. The monoisotopic (exact) mass is 366 g/mol. The van der Waals surface area contributed by atoms with Crippen LogP contribution in [0.3, 0.4) is 0 Å². The van der Waals surface area contributed by atoms with Crippen molar-refractivity contribution in [2.24, 2.45) is 0 Å². The number of hydrogen-bond acceptors (Lipinski definition) is 4. The number of hydrogen-bond donors (Lipinski definition) is 1. The first-order chi connectivity index (χ1) is 12.2. The van der Waals surface area contributed by atoms with Crippen LogP contribution in [0.5, 0.6) is 11.5 Å². The van der Waals surface area contributed by atoms with E-state index in [1.807, 2.05) is 25.1 Å². The van der Waals surface area contributed by atoms with Crippen LogP contribution in [0.1, 0.15) is 38.7 Å². The molecule has 2 rings (SSSR count). The maximum absolute atomic E-state index is 6.43. The molecule has 0 aliphatic carbocycles. The van der Waals surface area contributed by atoms with Gasteiger partial charge in [0.05, 0.1) is 18.2 Å². The number of nitrogens with one attached hydrogen (secondary N) is 1. The predicted octanol–water partition coefficient (Wildman–Crippen LogP) is 4.27. The fourth-order valence-corrected chi connectivity index (χ4v) is 3.38. The summed E-state index contributed by atoms with van der Waals surface area (Å²) in [5, 5.41) is 4.27. The molecule has 1 N–H and O–H groups in total. The van der Waals surface area contributed by atoms with E-state index in [1.54, 1.807) is 0 Å². The summed E-state index contributed by atoms with van der Waals surface area (Å²) < 4.78 is 11.5. The topological polar surface area (TPSA) is 33.7 Å². The third-order valence-corrected chi connectivity index (χ3v) is 4.67. The Morgan fingerprint density at radius 1 is 1.28 bits per heavy atom. The van der Waals surface area contributed by atoms with Gasteiger partial charge in [0, 0.05) is 19.1 Å². The maximum Gasteiger partial charge on any atom is 0.179 e. The molecule has 1 saturated heterocycles. The van der Waals surface area contributed by atoms with Gasteiger partial charge in [0.1, 0.15) is 0 Å². The van der Waals surface area contributed by atoms with Gasteiger partial charge in [-0.1, -0.05) is 24.6 Å². The fourth-order valence-electron chi connectivity index (χ4n) is 3.10. The molecule has 0 aromatic heterocycles. The van der Waals surface area contributed by atoms with Gasteiger partial charge in [-0.25, -0.2) is 0 Å². The number of ether oxygens (including phenoxy) is 2. The molecule has 1 aromatic rings. The molecule has 0 spiro atoms. The molecule has 1 fully saturated rings.